The van der Waals surface area contributed by atoms with Gasteiger partial charge in [-0.1, -0.05) is 32.0 Å². The van der Waals surface area contributed by atoms with Gasteiger partial charge in [-0.25, -0.2) is 0 Å². The van der Waals surface area contributed by atoms with Crippen LogP contribution in [0.1, 0.15) is 45.3 Å². The van der Waals surface area contributed by atoms with Crippen LogP contribution in [-0.2, 0) is 9.53 Å². The molecule has 0 aliphatic carbocycles. The molecule has 2 aromatic heterocycles. The molecule has 1 aliphatic rings. The first-order valence-corrected chi connectivity index (χ1v) is 12.0. The number of fused-ring (bicyclic) bond motifs is 1. The van der Waals surface area contributed by atoms with Gasteiger partial charge >= 0.3 is 12.0 Å². The number of pyridine rings is 1. The van der Waals surface area contributed by atoms with Gasteiger partial charge in [-0.3, -0.25) is 14.7 Å². The van der Waals surface area contributed by atoms with Crippen molar-refractivity contribution in [2.24, 2.45) is 11.3 Å². The molecular weight excluding hydrogens is 448 g/mol. The van der Waals surface area contributed by atoms with Crippen molar-refractivity contribution in [3.05, 3.63) is 48.2 Å². The normalized spacial score (nSPS) is 21.5. The second kappa shape index (κ2) is 10.4. The van der Waals surface area contributed by atoms with Crippen LogP contribution in [0.5, 0.6) is 17.8 Å². The first-order valence-electron chi connectivity index (χ1n) is 12.0. The predicted molar refractivity (Wildman–Crippen MR) is 130 cm³/mol. The predicted octanol–water partition coefficient (Wildman–Crippen LogP) is 3.86. The number of esters is 1. The van der Waals surface area contributed by atoms with Gasteiger partial charge in [0, 0.05) is 30.2 Å². The Hall–Kier alpha value is -3.46. The van der Waals surface area contributed by atoms with Crippen molar-refractivity contribution in [3.63, 3.8) is 0 Å². The summed E-state index contributed by atoms with van der Waals surface area (Å²) in [5.74, 6) is -0.291. The Bertz CT molecular complexity index is 1160. The largest absolute Gasteiger partial charge is 0.493 e. The van der Waals surface area contributed by atoms with E-state index in [4.69, 9.17) is 9.47 Å². The van der Waals surface area contributed by atoms with Crippen LogP contribution in [0, 0.1) is 11.3 Å². The molecule has 35 heavy (non-hydrogen) atoms. The van der Waals surface area contributed by atoms with Gasteiger partial charge in [0.25, 0.3) is 0 Å². The number of para-hydroxylation sites is 1. The zero-order valence-corrected chi connectivity index (χ0v) is 20.3. The minimum Gasteiger partial charge on any atom is -0.493 e. The molecule has 1 aliphatic heterocycles. The number of carbonyl (C=O) groups excluding carboxylic acids is 1. The van der Waals surface area contributed by atoms with Gasteiger partial charge in [0.05, 0.1) is 23.6 Å². The Labute approximate surface area is 204 Å². The van der Waals surface area contributed by atoms with Crippen molar-refractivity contribution in [1.29, 1.82) is 0 Å². The van der Waals surface area contributed by atoms with E-state index in [-0.39, 0.29) is 23.6 Å². The number of rotatable bonds is 8. The maximum atomic E-state index is 13.0. The van der Waals surface area contributed by atoms with Crippen molar-refractivity contribution in [2.75, 3.05) is 26.2 Å². The minimum atomic E-state index is -0.593. The van der Waals surface area contributed by atoms with E-state index < -0.39 is 17.5 Å². The maximum absolute atomic E-state index is 13.0. The molecule has 4 rings (SSSR count). The number of aromatic hydroxyl groups is 2. The molecule has 9 heteroatoms. The van der Waals surface area contributed by atoms with Gasteiger partial charge in [-0.2, -0.15) is 9.97 Å². The second-order valence-corrected chi connectivity index (χ2v) is 9.04. The number of aromatic nitrogens is 3. The van der Waals surface area contributed by atoms with Crippen LogP contribution >= 0.6 is 0 Å². The summed E-state index contributed by atoms with van der Waals surface area (Å²) in [4.78, 5) is 27.2. The summed E-state index contributed by atoms with van der Waals surface area (Å²) in [6.45, 7) is 8.15. The third kappa shape index (κ3) is 5.14. The molecule has 0 spiro atoms. The average molecular weight is 481 g/mol. The molecule has 0 radical (unpaired) electrons. The molecule has 1 saturated heterocycles. The highest BCUT2D eigenvalue weighted by Crippen LogP contribution is 2.41. The Morgan fingerprint density at radius 3 is 2.77 bits per heavy atom. The van der Waals surface area contributed by atoms with Crippen molar-refractivity contribution < 1.29 is 24.5 Å². The van der Waals surface area contributed by atoms with Crippen LogP contribution in [0.3, 0.4) is 0 Å². The number of hydrogen-bond donors (Lipinski definition) is 2. The number of nitrogens with zero attached hydrogens (tertiary/aromatic N) is 4. The van der Waals surface area contributed by atoms with E-state index in [0.29, 0.717) is 26.1 Å². The van der Waals surface area contributed by atoms with Crippen molar-refractivity contribution >= 4 is 16.9 Å². The average Bonchev–Trinajstić information content (AvgIpc) is 2.84. The molecule has 3 atom stereocenters. The van der Waals surface area contributed by atoms with Gasteiger partial charge in [0.1, 0.15) is 6.10 Å². The zero-order valence-electron chi connectivity index (χ0n) is 20.3. The third-order valence-electron chi connectivity index (χ3n) is 7.03. The van der Waals surface area contributed by atoms with E-state index in [1.54, 1.807) is 6.20 Å². The Balaban J connectivity index is 1.69. The molecule has 1 aromatic carbocycles. The van der Waals surface area contributed by atoms with Gasteiger partial charge in [-0.15, -0.1) is 0 Å². The van der Waals surface area contributed by atoms with Crippen LogP contribution in [0.2, 0.25) is 0 Å². The summed E-state index contributed by atoms with van der Waals surface area (Å²) < 4.78 is 11.7. The Kier molecular flexibility index (Phi) is 7.35. The van der Waals surface area contributed by atoms with Crippen LogP contribution < -0.4 is 4.74 Å². The summed E-state index contributed by atoms with van der Waals surface area (Å²) in [7, 11) is 0. The fourth-order valence-electron chi connectivity index (χ4n) is 5.03. The monoisotopic (exact) mass is 480 g/mol. The number of hydrogen-bond acceptors (Lipinski definition) is 9. The number of piperidine rings is 1. The highest BCUT2D eigenvalue weighted by Gasteiger charge is 2.47. The second-order valence-electron chi connectivity index (χ2n) is 9.04. The molecule has 1 unspecified atom stereocenters. The van der Waals surface area contributed by atoms with Gasteiger partial charge in [0.2, 0.25) is 11.8 Å². The first-order chi connectivity index (χ1) is 16.9. The van der Waals surface area contributed by atoms with E-state index in [1.807, 2.05) is 44.2 Å². The highest BCUT2D eigenvalue weighted by molar-refractivity contribution is 5.82. The molecular formula is C26H32N4O5. The highest BCUT2D eigenvalue weighted by atomic mass is 16.5. The molecule has 2 N–H and O–H groups in total. The maximum Gasteiger partial charge on any atom is 0.320 e. The lowest BCUT2D eigenvalue weighted by Crippen LogP contribution is -2.53. The summed E-state index contributed by atoms with van der Waals surface area (Å²) in [6, 6.07) is 10.4. The van der Waals surface area contributed by atoms with Crippen molar-refractivity contribution in [1.82, 2.24) is 19.9 Å². The van der Waals surface area contributed by atoms with E-state index in [0.717, 1.165) is 29.4 Å². The number of benzene rings is 1. The van der Waals surface area contributed by atoms with Gasteiger partial charge < -0.3 is 19.7 Å². The molecule has 0 bridgehead atoms. The topological polar surface area (TPSA) is 118 Å². The molecule has 9 nitrogen and oxygen atoms in total. The number of ether oxygens (including phenoxy) is 2. The van der Waals surface area contributed by atoms with Crippen LogP contribution in [0.15, 0.2) is 42.6 Å². The number of carbonyl (C=O) groups is 1. The molecule has 3 aromatic rings. The van der Waals surface area contributed by atoms with E-state index >= 15 is 0 Å². The van der Waals surface area contributed by atoms with Crippen molar-refractivity contribution in [3.8, 4) is 17.8 Å². The lowest BCUT2D eigenvalue weighted by atomic mass is 9.70. The lowest BCUT2D eigenvalue weighted by Gasteiger charge is -2.45. The van der Waals surface area contributed by atoms with Gasteiger partial charge in [-0.05, 0) is 44.4 Å². The van der Waals surface area contributed by atoms with Gasteiger partial charge in [0.15, 0.2) is 0 Å². The smallest absolute Gasteiger partial charge is 0.320 e. The Morgan fingerprint density at radius 2 is 2.03 bits per heavy atom. The van der Waals surface area contributed by atoms with E-state index in [2.05, 4.69) is 26.8 Å². The summed E-state index contributed by atoms with van der Waals surface area (Å²) in [6.07, 6.45) is 2.75. The summed E-state index contributed by atoms with van der Waals surface area (Å²) >= 11 is 0. The summed E-state index contributed by atoms with van der Waals surface area (Å²) in [5, 5.41) is 20.6. The standard InChI is InChI=1S/C26H32N4O5/c1-4-26(24(32)34-5-2)16-30(13-11-17(26)3)15-21(35-23-14-22(31)28-25(33)29-23)19-10-12-27-20-9-7-6-8-18(19)20/h6-10,12,14,17,21H,4-5,11,13,15-16H2,1-3H3,(H2,28,29,31,33)/t17?,21-,26+/m1/s1. The van der Waals surface area contributed by atoms with E-state index in [9.17, 15) is 15.0 Å². The molecule has 186 valence electrons. The molecule has 1 fully saturated rings. The fourth-order valence-corrected chi connectivity index (χ4v) is 5.03. The molecule has 0 amide bonds. The fraction of sp³-hybridized carbons (Fsp3) is 0.462. The molecule has 0 saturated carbocycles. The number of likely N-dealkylation sites (tertiary alicyclic amines) is 1. The zero-order chi connectivity index (χ0) is 25.0. The summed E-state index contributed by atoms with van der Waals surface area (Å²) in [5.41, 5.74) is 1.13. The molecule has 3 heterocycles. The quantitative estimate of drug-likeness (QED) is 0.463. The van der Waals surface area contributed by atoms with Crippen LogP contribution in [0.4, 0.5) is 0 Å². The Morgan fingerprint density at radius 1 is 1.23 bits per heavy atom. The van der Waals surface area contributed by atoms with Crippen molar-refractivity contribution in [2.45, 2.75) is 39.7 Å². The SMILES string of the molecule is CCOC(=O)[C@@]1(CC)CN(C[C@@H](Oc2cc(O)nc(O)n2)c2ccnc3ccccc23)CCC1C. The van der Waals surface area contributed by atoms with Crippen LogP contribution in [-0.4, -0.2) is 62.3 Å². The minimum absolute atomic E-state index is 0.0541. The lowest BCUT2D eigenvalue weighted by molar-refractivity contribution is -0.164. The third-order valence-corrected chi connectivity index (χ3v) is 7.03. The van der Waals surface area contributed by atoms with E-state index in [1.165, 1.54) is 6.07 Å². The van der Waals surface area contributed by atoms with Crippen LogP contribution in [0.25, 0.3) is 10.9 Å². The first kappa shape index (κ1) is 24.7.